The van der Waals surface area contributed by atoms with E-state index in [4.69, 9.17) is 9.15 Å². The lowest BCUT2D eigenvalue weighted by Crippen LogP contribution is -2.24. The standard InChI is InChI=1S/C14H17N3O3/c18-14(13-5-3-7-20-13)16-11-8-15-17(9-11)10-12-4-1-2-6-19-12/h3,5,7-9,12H,1-2,4,6,10H2,(H,16,18). The molecule has 1 atom stereocenters. The molecule has 2 aromatic rings. The second-order valence-corrected chi connectivity index (χ2v) is 4.87. The largest absolute Gasteiger partial charge is 0.459 e. The van der Waals surface area contributed by atoms with Gasteiger partial charge >= 0.3 is 0 Å². The van der Waals surface area contributed by atoms with E-state index in [1.54, 1.807) is 29.2 Å². The molecule has 1 aliphatic heterocycles. The lowest BCUT2D eigenvalue weighted by atomic mass is 10.1. The monoisotopic (exact) mass is 275 g/mol. The molecule has 106 valence electrons. The maximum Gasteiger partial charge on any atom is 0.291 e. The van der Waals surface area contributed by atoms with Gasteiger partial charge in [-0.2, -0.15) is 5.10 Å². The number of carbonyl (C=O) groups excluding carboxylic acids is 1. The van der Waals surface area contributed by atoms with Crippen molar-refractivity contribution in [3.05, 3.63) is 36.5 Å². The van der Waals surface area contributed by atoms with Gasteiger partial charge in [0.25, 0.3) is 5.91 Å². The van der Waals surface area contributed by atoms with Crippen LogP contribution in [-0.4, -0.2) is 28.4 Å². The predicted molar refractivity (Wildman–Crippen MR) is 72.5 cm³/mol. The van der Waals surface area contributed by atoms with Crippen LogP contribution in [0.1, 0.15) is 29.8 Å². The van der Waals surface area contributed by atoms with Crippen LogP contribution in [0.5, 0.6) is 0 Å². The summed E-state index contributed by atoms with van der Waals surface area (Å²) in [7, 11) is 0. The molecule has 3 rings (SSSR count). The Morgan fingerprint density at radius 1 is 1.50 bits per heavy atom. The number of aromatic nitrogens is 2. The van der Waals surface area contributed by atoms with Gasteiger partial charge in [0.2, 0.25) is 0 Å². The maximum atomic E-state index is 11.8. The highest BCUT2D eigenvalue weighted by atomic mass is 16.5. The average Bonchev–Trinajstić information content (AvgIpc) is 3.11. The Hall–Kier alpha value is -2.08. The van der Waals surface area contributed by atoms with E-state index in [1.807, 2.05) is 0 Å². The zero-order valence-electron chi connectivity index (χ0n) is 11.1. The van der Waals surface area contributed by atoms with E-state index >= 15 is 0 Å². The molecule has 1 unspecified atom stereocenters. The fourth-order valence-electron chi connectivity index (χ4n) is 2.29. The minimum atomic E-state index is -0.275. The van der Waals surface area contributed by atoms with Gasteiger partial charge in [0.1, 0.15) is 0 Å². The molecular formula is C14H17N3O3. The zero-order chi connectivity index (χ0) is 13.8. The van der Waals surface area contributed by atoms with E-state index < -0.39 is 0 Å². The first-order valence-corrected chi connectivity index (χ1v) is 6.80. The molecule has 2 aromatic heterocycles. The minimum absolute atomic E-state index is 0.220. The van der Waals surface area contributed by atoms with Crippen LogP contribution in [0.3, 0.4) is 0 Å². The number of hydrogen-bond donors (Lipinski definition) is 1. The second kappa shape index (κ2) is 5.92. The van der Waals surface area contributed by atoms with E-state index in [0.29, 0.717) is 5.69 Å². The summed E-state index contributed by atoms with van der Waals surface area (Å²) in [6.45, 7) is 1.55. The molecule has 0 spiro atoms. The summed E-state index contributed by atoms with van der Waals surface area (Å²) in [5, 5.41) is 6.98. The third-order valence-corrected chi connectivity index (χ3v) is 3.30. The van der Waals surface area contributed by atoms with Gasteiger partial charge in [0, 0.05) is 12.8 Å². The Morgan fingerprint density at radius 2 is 2.45 bits per heavy atom. The fraction of sp³-hybridized carbons (Fsp3) is 0.429. The lowest BCUT2D eigenvalue weighted by Gasteiger charge is -2.22. The molecule has 1 aliphatic rings. The number of furan rings is 1. The summed E-state index contributed by atoms with van der Waals surface area (Å²) in [4.78, 5) is 11.8. The molecule has 1 amide bonds. The SMILES string of the molecule is O=C(Nc1cnn(CC2CCCCO2)c1)c1ccco1. The molecule has 3 heterocycles. The van der Waals surface area contributed by atoms with E-state index in [-0.39, 0.29) is 17.8 Å². The number of rotatable bonds is 4. The number of anilines is 1. The molecule has 0 saturated carbocycles. The van der Waals surface area contributed by atoms with Crippen molar-refractivity contribution in [3.63, 3.8) is 0 Å². The summed E-state index contributed by atoms with van der Waals surface area (Å²) in [5.41, 5.74) is 0.655. The molecule has 1 N–H and O–H groups in total. The molecule has 6 heteroatoms. The molecule has 0 aromatic carbocycles. The third kappa shape index (κ3) is 3.08. The zero-order valence-corrected chi connectivity index (χ0v) is 11.1. The van der Waals surface area contributed by atoms with Crippen LogP contribution in [0.25, 0.3) is 0 Å². The van der Waals surface area contributed by atoms with Crippen molar-refractivity contribution in [2.75, 3.05) is 11.9 Å². The van der Waals surface area contributed by atoms with E-state index in [2.05, 4.69) is 10.4 Å². The van der Waals surface area contributed by atoms with Crippen molar-refractivity contribution in [3.8, 4) is 0 Å². The summed E-state index contributed by atoms with van der Waals surface area (Å²) in [5.74, 6) is 0.0110. The highest BCUT2D eigenvalue weighted by Crippen LogP contribution is 2.15. The van der Waals surface area contributed by atoms with Crippen molar-refractivity contribution in [1.29, 1.82) is 0 Å². The van der Waals surface area contributed by atoms with Crippen LogP contribution in [0.4, 0.5) is 5.69 Å². The van der Waals surface area contributed by atoms with Gasteiger partial charge in [-0.15, -0.1) is 0 Å². The molecular weight excluding hydrogens is 258 g/mol. The molecule has 1 saturated heterocycles. The van der Waals surface area contributed by atoms with Crippen molar-refractivity contribution < 1.29 is 13.9 Å². The Balaban J connectivity index is 1.57. The lowest BCUT2D eigenvalue weighted by molar-refractivity contribution is 0.00401. The Bertz CT molecular complexity index is 556. The van der Waals surface area contributed by atoms with Crippen LogP contribution >= 0.6 is 0 Å². The van der Waals surface area contributed by atoms with Crippen LogP contribution in [0.15, 0.2) is 35.2 Å². The van der Waals surface area contributed by atoms with Crippen molar-refractivity contribution >= 4 is 11.6 Å². The quantitative estimate of drug-likeness (QED) is 0.929. The smallest absolute Gasteiger partial charge is 0.291 e. The van der Waals surface area contributed by atoms with E-state index in [0.717, 1.165) is 26.0 Å². The molecule has 20 heavy (non-hydrogen) atoms. The average molecular weight is 275 g/mol. The third-order valence-electron chi connectivity index (χ3n) is 3.30. The predicted octanol–water partition coefficient (Wildman–Crippen LogP) is 2.30. The van der Waals surface area contributed by atoms with Crippen LogP contribution in [0.2, 0.25) is 0 Å². The first-order valence-electron chi connectivity index (χ1n) is 6.80. The number of nitrogens with zero attached hydrogens (tertiary/aromatic N) is 2. The van der Waals surface area contributed by atoms with E-state index in [9.17, 15) is 4.79 Å². The topological polar surface area (TPSA) is 69.3 Å². The number of carbonyl (C=O) groups is 1. The van der Waals surface area contributed by atoms with Gasteiger partial charge in [-0.25, -0.2) is 0 Å². The molecule has 1 fully saturated rings. The van der Waals surface area contributed by atoms with Crippen LogP contribution in [-0.2, 0) is 11.3 Å². The van der Waals surface area contributed by atoms with Gasteiger partial charge < -0.3 is 14.5 Å². The maximum absolute atomic E-state index is 11.8. The van der Waals surface area contributed by atoms with Crippen molar-refractivity contribution in [1.82, 2.24) is 9.78 Å². The second-order valence-electron chi connectivity index (χ2n) is 4.87. The Morgan fingerprint density at radius 3 is 3.20 bits per heavy atom. The molecule has 0 aliphatic carbocycles. The molecule has 6 nitrogen and oxygen atoms in total. The normalized spacial score (nSPS) is 18.9. The summed E-state index contributed by atoms with van der Waals surface area (Å²) in [6, 6.07) is 3.30. The van der Waals surface area contributed by atoms with E-state index in [1.165, 1.54) is 12.7 Å². The number of nitrogens with one attached hydrogen (secondary N) is 1. The summed E-state index contributed by atoms with van der Waals surface area (Å²) < 4.78 is 12.5. The molecule has 0 bridgehead atoms. The highest BCUT2D eigenvalue weighted by molar-refractivity contribution is 6.02. The van der Waals surface area contributed by atoms with Gasteiger partial charge in [-0.3, -0.25) is 9.48 Å². The van der Waals surface area contributed by atoms with Crippen molar-refractivity contribution in [2.45, 2.75) is 31.9 Å². The first kappa shape index (κ1) is 12.9. The van der Waals surface area contributed by atoms with Crippen LogP contribution < -0.4 is 5.32 Å². The highest BCUT2D eigenvalue weighted by Gasteiger charge is 2.15. The number of amides is 1. The van der Waals surface area contributed by atoms with Gasteiger partial charge in [-0.1, -0.05) is 0 Å². The number of hydrogen-bond acceptors (Lipinski definition) is 4. The fourth-order valence-corrected chi connectivity index (χ4v) is 2.29. The van der Waals surface area contributed by atoms with Crippen molar-refractivity contribution in [2.24, 2.45) is 0 Å². The van der Waals surface area contributed by atoms with Gasteiger partial charge in [0.15, 0.2) is 5.76 Å². The molecule has 0 radical (unpaired) electrons. The van der Waals surface area contributed by atoms with Gasteiger partial charge in [0.05, 0.1) is 30.8 Å². The minimum Gasteiger partial charge on any atom is -0.459 e. The Labute approximate surface area is 116 Å². The Kier molecular flexibility index (Phi) is 3.83. The van der Waals surface area contributed by atoms with Gasteiger partial charge in [-0.05, 0) is 31.4 Å². The summed E-state index contributed by atoms with van der Waals surface area (Å²) >= 11 is 0. The number of ether oxygens (including phenoxy) is 1. The van der Waals surface area contributed by atoms with Crippen LogP contribution in [0, 0.1) is 0 Å². The first-order chi connectivity index (χ1) is 9.81. The summed E-state index contributed by atoms with van der Waals surface area (Å²) in [6.07, 6.45) is 8.53.